The van der Waals surface area contributed by atoms with E-state index in [1.54, 1.807) is 0 Å². The molecule has 1 N–H and O–H groups in total. The van der Waals surface area contributed by atoms with Crippen molar-refractivity contribution in [3.8, 4) is 0 Å². The number of anilines is 1. The van der Waals surface area contributed by atoms with Crippen molar-refractivity contribution in [1.82, 2.24) is 15.1 Å². The molecule has 5 nitrogen and oxygen atoms in total. The zero-order valence-corrected chi connectivity index (χ0v) is 14.2. The fourth-order valence-corrected chi connectivity index (χ4v) is 3.00. The molecule has 2 rings (SSSR count). The number of carbonyl (C=O) groups excluding carboxylic acids is 1. The highest BCUT2D eigenvalue weighted by Crippen LogP contribution is 2.15. The van der Waals surface area contributed by atoms with E-state index in [1.165, 1.54) is 35.6 Å². The molecule has 23 heavy (non-hydrogen) atoms. The van der Waals surface area contributed by atoms with Crippen LogP contribution in [0.15, 0.2) is 24.3 Å². The van der Waals surface area contributed by atoms with Crippen molar-refractivity contribution in [2.24, 2.45) is 0 Å². The third kappa shape index (κ3) is 5.37. The van der Waals surface area contributed by atoms with Crippen molar-refractivity contribution >= 4 is 22.9 Å². The maximum Gasteiger partial charge on any atom is 0.286 e. The number of aromatic nitrogens is 2. The second-order valence-electron chi connectivity index (χ2n) is 5.24. The number of nitrogens with zero attached hydrogens (tertiary/aromatic N) is 3. The van der Waals surface area contributed by atoms with Crippen LogP contribution in [0.4, 0.5) is 10.1 Å². The number of benzene rings is 1. The molecule has 1 aromatic heterocycles. The quantitative estimate of drug-likeness (QED) is 0.801. The molecule has 0 aliphatic rings. The molecule has 2 aromatic rings. The lowest BCUT2D eigenvalue weighted by molar-refractivity contribution is 0.102. The average molecular weight is 336 g/mol. The van der Waals surface area contributed by atoms with Crippen molar-refractivity contribution in [2.75, 3.05) is 18.4 Å². The van der Waals surface area contributed by atoms with Crippen molar-refractivity contribution in [3.63, 3.8) is 0 Å². The number of nitrogens with one attached hydrogen (secondary N) is 1. The van der Waals surface area contributed by atoms with E-state index >= 15 is 0 Å². The maximum absolute atomic E-state index is 12.9. The lowest BCUT2D eigenvalue weighted by Gasteiger charge is -2.18. The Bertz CT molecular complexity index is 623. The summed E-state index contributed by atoms with van der Waals surface area (Å²) < 4.78 is 12.9. The summed E-state index contributed by atoms with van der Waals surface area (Å²) in [5.74, 6) is -0.661. The van der Waals surface area contributed by atoms with Crippen molar-refractivity contribution in [1.29, 1.82) is 0 Å². The smallest absolute Gasteiger partial charge is 0.286 e. The first-order valence-corrected chi connectivity index (χ1v) is 8.55. The fraction of sp³-hybridized carbons (Fsp3) is 0.438. The molecule has 124 valence electrons. The molecule has 0 radical (unpaired) electrons. The Morgan fingerprint density at radius 2 is 1.83 bits per heavy atom. The summed E-state index contributed by atoms with van der Waals surface area (Å²) in [6, 6.07) is 5.63. The van der Waals surface area contributed by atoms with E-state index < -0.39 is 0 Å². The maximum atomic E-state index is 12.9. The highest BCUT2D eigenvalue weighted by Gasteiger charge is 2.15. The molecule has 0 fully saturated rings. The number of rotatable bonds is 8. The van der Waals surface area contributed by atoms with Gasteiger partial charge in [-0.25, -0.2) is 4.39 Å². The lowest BCUT2D eigenvalue weighted by Crippen LogP contribution is -2.24. The van der Waals surface area contributed by atoms with E-state index in [4.69, 9.17) is 0 Å². The van der Waals surface area contributed by atoms with Crippen LogP contribution in [0.25, 0.3) is 0 Å². The largest absolute Gasteiger partial charge is 0.320 e. The van der Waals surface area contributed by atoms with Crippen molar-refractivity contribution < 1.29 is 9.18 Å². The molecule has 0 atom stereocenters. The van der Waals surface area contributed by atoms with Gasteiger partial charge in [0.2, 0.25) is 5.01 Å². The Kier molecular flexibility index (Phi) is 6.61. The molecule has 1 heterocycles. The van der Waals surface area contributed by atoms with Gasteiger partial charge in [0.05, 0.1) is 6.54 Å². The first kappa shape index (κ1) is 17.5. The van der Waals surface area contributed by atoms with Gasteiger partial charge in [-0.05, 0) is 50.2 Å². The molecule has 1 aromatic carbocycles. The molecule has 0 aliphatic heterocycles. The van der Waals surface area contributed by atoms with Crippen LogP contribution in [0.2, 0.25) is 0 Å². The number of hydrogen-bond acceptors (Lipinski definition) is 5. The number of amides is 1. The van der Waals surface area contributed by atoms with Gasteiger partial charge in [0, 0.05) is 5.69 Å². The number of hydrogen-bond donors (Lipinski definition) is 1. The predicted octanol–water partition coefficient (Wildman–Crippen LogP) is 3.55. The van der Waals surface area contributed by atoms with Gasteiger partial charge in [-0.2, -0.15) is 0 Å². The molecular weight excluding hydrogens is 315 g/mol. The van der Waals surface area contributed by atoms with Crippen molar-refractivity contribution in [2.45, 2.75) is 33.2 Å². The molecule has 0 spiro atoms. The monoisotopic (exact) mass is 336 g/mol. The van der Waals surface area contributed by atoms with Gasteiger partial charge >= 0.3 is 0 Å². The van der Waals surface area contributed by atoms with Gasteiger partial charge in [-0.1, -0.05) is 25.2 Å². The van der Waals surface area contributed by atoms with Gasteiger partial charge in [-0.3, -0.25) is 9.69 Å². The van der Waals surface area contributed by atoms with Crippen LogP contribution in [0.3, 0.4) is 0 Å². The topological polar surface area (TPSA) is 58.1 Å². The SMILES string of the molecule is CCCN(CCC)Cc1nnc(C(=O)Nc2ccc(F)cc2)s1. The molecule has 0 unspecified atom stereocenters. The summed E-state index contributed by atoms with van der Waals surface area (Å²) in [6.07, 6.45) is 2.16. The average Bonchev–Trinajstić information content (AvgIpc) is 2.99. The summed E-state index contributed by atoms with van der Waals surface area (Å²) in [5.41, 5.74) is 0.534. The van der Waals surface area contributed by atoms with Crippen LogP contribution in [0.1, 0.15) is 41.5 Å². The van der Waals surface area contributed by atoms with Crippen LogP contribution in [0, 0.1) is 5.82 Å². The van der Waals surface area contributed by atoms with E-state index in [0.29, 0.717) is 17.2 Å². The van der Waals surface area contributed by atoms with Gasteiger partial charge in [0.15, 0.2) is 0 Å². The Morgan fingerprint density at radius 1 is 1.17 bits per heavy atom. The minimum Gasteiger partial charge on any atom is -0.320 e. The minimum absolute atomic E-state index is 0.317. The Labute approximate surface area is 139 Å². The standard InChI is InChI=1S/C16H21FN4OS/c1-3-9-21(10-4-2)11-14-19-20-16(23-14)15(22)18-13-7-5-12(17)6-8-13/h5-8H,3-4,9-11H2,1-2H3,(H,18,22). The van der Waals surface area contributed by atoms with Gasteiger partial charge in [0.25, 0.3) is 5.91 Å². The second-order valence-corrected chi connectivity index (χ2v) is 6.30. The highest BCUT2D eigenvalue weighted by molar-refractivity contribution is 7.13. The van der Waals surface area contributed by atoms with Crippen LogP contribution in [-0.2, 0) is 6.54 Å². The Balaban J connectivity index is 1.97. The molecule has 1 amide bonds. The molecule has 0 saturated carbocycles. The Hall–Kier alpha value is -1.86. The predicted molar refractivity (Wildman–Crippen MR) is 90.1 cm³/mol. The summed E-state index contributed by atoms with van der Waals surface area (Å²) >= 11 is 1.29. The van der Waals surface area contributed by atoms with E-state index in [0.717, 1.165) is 30.9 Å². The van der Waals surface area contributed by atoms with Crippen molar-refractivity contribution in [3.05, 3.63) is 40.1 Å². The molecule has 0 aliphatic carbocycles. The zero-order chi connectivity index (χ0) is 16.7. The van der Waals surface area contributed by atoms with E-state index in [2.05, 4.69) is 34.3 Å². The molecule has 0 bridgehead atoms. The summed E-state index contributed by atoms with van der Waals surface area (Å²) in [4.78, 5) is 14.4. The van der Waals surface area contributed by atoms with Crippen LogP contribution in [0.5, 0.6) is 0 Å². The summed E-state index contributed by atoms with van der Waals surface area (Å²) in [6.45, 7) is 7.01. The second kappa shape index (κ2) is 8.69. The van der Waals surface area contributed by atoms with Gasteiger partial charge in [-0.15, -0.1) is 10.2 Å². The van der Waals surface area contributed by atoms with Gasteiger partial charge in [0.1, 0.15) is 10.8 Å². The van der Waals surface area contributed by atoms with Crippen LogP contribution < -0.4 is 5.32 Å². The number of halogens is 1. The molecule has 0 saturated heterocycles. The van der Waals surface area contributed by atoms with E-state index in [9.17, 15) is 9.18 Å². The third-order valence-corrected chi connectivity index (χ3v) is 4.11. The lowest BCUT2D eigenvalue weighted by atomic mass is 10.3. The first-order valence-electron chi connectivity index (χ1n) is 7.74. The van der Waals surface area contributed by atoms with E-state index in [1.807, 2.05) is 0 Å². The third-order valence-electron chi connectivity index (χ3n) is 3.20. The normalized spacial score (nSPS) is 11.0. The van der Waals surface area contributed by atoms with E-state index in [-0.39, 0.29) is 11.7 Å². The minimum atomic E-state index is -0.340. The highest BCUT2D eigenvalue weighted by atomic mass is 32.1. The van der Waals surface area contributed by atoms with Gasteiger partial charge < -0.3 is 5.32 Å². The fourth-order valence-electron chi connectivity index (χ4n) is 2.22. The van der Waals surface area contributed by atoms with Crippen LogP contribution in [-0.4, -0.2) is 34.1 Å². The molecular formula is C16H21FN4OS. The zero-order valence-electron chi connectivity index (χ0n) is 13.4. The summed E-state index contributed by atoms with van der Waals surface area (Å²) in [7, 11) is 0. The Morgan fingerprint density at radius 3 is 2.43 bits per heavy atom. The van der Waals surface area contributed by atoms with Crippen LogP contribution >= 0.6 is 11.3 Å². The molecule has 7 heteroatoms. The number of carbonyl (C=O) groups is 1. The summed E-state index contributed by atoms with van der Waals surface area (Å²) in [5, 5.41) is 11.9. The first-order chi connectivity index (χ1) is 11.1.